The van der Waals surface area contributed by atoms with E-state index >= 15 is 0 Å². The molecule has 0 unspecified atom stereocenters. The third kappa shape index (κ3) is 3.54. The highest BCUT2D eigenvalue weighted by Crippen LogP contribution is 2.29. The van der Waals surface area contributed by atoms with E-state index in [1.54, 1.807) is 6.26 Å². The van der Waals surface area contributed by atoms with Crippen molar-refractivity contribution in [2.75, 3.05) is 20.1 Å². The number of imidazole rings is 1. The fourth-order valence-electron chi connectivity index (χ4n) is 3.89. The van der Waals surface area contributed by atoms with Crippen molar-refractivity contribution < 1.29 is 14.3 Å². The van der Waals surface area contributed by atoms with Crippen LogP contribution in [-0.4, -0.2) is 56.6 Å². The Labute approximate surface area is 153 Å². The van der Waals surface area contributed by atoms with Gasteiger partial charge in [0.25, 0.3) is 0 Å². The topological polar surface area (TPSA) is 74.7 Å². The second-order valence-electron chi connectivity index (χ2n) is 7.47. The van der Waals surface area contributed by atoms with E-state index < -0.39 is 0 Å². The van der Waals surface area contributed by atoms with Crippen molar-refractivity contribution in [2.45, 2.75) is 45.0 Å². The van der Waals surface area contributed by atoms with Crippen molar-refractivity contribution in [3.63, 3.8) is 0 Å². The maximum Gasteiger partial charge on any atom is 0.225 e. The van der Waals surface area contributed by atoms with Crippen molar-refractivity contribution in [1.29, 1.82) is 0 Å². The van der Waals surface area contributed by atoms with E-state index in [9.17, 15) is 9.90 Å². The van der Waals surface area contributed by atoms with E-state index in [0.717, 1.165) is 37.6 Å². The second kappa shape index (κ2) is 7.25. The number of carbonyl (C=O) groups excluding carboxylic acids is 1. The summed E-state index contributed by atoms with van der Waals surface area (Å²) in [6.45, 7) is 3.74. The molecule has 1 N–H and O–H groups in total. The van der Waals surface area contributed by atoms with Crippen molar-refractivity contribution in [3.8, 4) is 0 Å². The zero-order valence-corrected chi connectivity index (χ0v) is 15.2. The summed E-state index contributed by atoms with van der Waals surface area (Å²) in [5, 5.41) is 9.45. The van der Waals surface area contributed by atoms with Crippen LogP contribution < -0.4 is 0 Å². The van der Waals surface area contributed by atoms with Gasteiger partial charge in [0.05, 0.1) is 24.6 Å². The van der Waals surface area contributed by atoms with Crippen LogP contribution in [0.2, 0.25) is 0 Å². The highest BCUT2D eigenvalue weighted by atomic mass is 16.3. The number of hydrogen-bond donors (Lipinski definition) is 1. The molecule has 3 heterocycles. The molecule has 140 valence electrons. The average Bonchev–Trinajstić information content (AvgIpc) is 3.17. The Hall–Kier alpha value is -2.12. The molecule has 1 aliphatic carbocycles. The largest absolute Gasteiger partial charge is 0.468 e. The molecule has 1 fully saturated rings. The lowest BCUT2D eigenvalue weighted by Gasteiger charge is -2.34. The van der Waals surface area contributed by atoms with Gasteiger partial charge in [-0.1, -0.05) is 0 Å². The fraction of sp³-hybridized carbons (Fsp3) is 0.579. The van der Waals surface area contributed by atoms with Gasteiger partial charge in [-0.3, -0.25) is 9.69 Å². The first-order valence-electron chi connectivity index (χ1n) is 9.31. The maximum atomic E-state index is 12.6. The fourth-order valence-corrected chi connectivity index (χ4v) is 3.89. The van der Waals surface area contributed by atoms with E-state index in [1.165, 1.54) is 5.69 Å². The summed E-state index contributed by atoms with van der Waals surface area (Å²) in [6, 6.07) is 3.88. The van der Waals surface area contributed by atoms with Crippen LogP contribution in [-0.2, 0) is 30.8 Å². The molecule has 0 spiro atoms. The minimum Gasteiger partial charge on any atom is -0.468 e. The molecule has 2 aromatic rings. The van der Waals surface area contributed by atoms with Crippen LogP contribution in [0.4, 0.5) is 0 Å². The predicted octanol–water partition coefficient (Wildman–Crippen LogP) is 1.26. The lowest BCUT2D eigenvalue weighted by molar-refractivity contribution is -0.142. The number of fused-ring (bicyclic) bond motifs is 1. The Bertz CT molecular complexity index is 749. The molecule has 1 aliphatic heterocycles. The van der Waals surface area contributed by atoms with Gasteiger partial charge < -0.3 is 19.0 Å². The van der Waals surface area contributed by atoms with Crippen molar-refractivity contribution in [3.05, 3.63) is 41.9 Å². The standard InChI is InChI=1S/C19H26N4O3/c1-21(13-17-3-2-8-26-17)12-15-11-20-18-4-5-22(6-7-23(15)18)19(25)14-9-16(24)10-14/h2-3,8,11,14,16,24H,4-7,9-10,12-13H2,1H3. The van der Waals surface area contributed by atoms with Gasteiger partial charge in [0, 0.05) is 44.7 Å². The number of aliphatic hydroxyl groups excluding tert-OH is 1. The van der Waals surface area contributed by atoms with Crippen molar-refractivity contribution >= 4 is 5.91 Å². The van der Waals surface area contributed by atoms with Crippen molar-refractivity contribution in [2.24, 2.45) is 5.92 Å². The molecule has 0 aromatic carbocycles. The summed E-state index contributed by atoms with van der Waals surface area (Å²) >= 11 is 0. The molecule has 4 rings (SSSR count). The third-order valence-electron chi connectivity index (χ3n) is 5.43. The number of carbonyl (C=O) groups is 1. The molecule has 0 bridgehead atoms. The summed E-state index contributed by atoms with van der Waals surface area (Å²) in [4.78, 5) is 21.3. The van der Waals surface area contributed by atoms with E-state index in [1.807, 2.05) is 23.2 Å². The first kappa shape index (κ1) is 17.3. The molecule has 2 aromatic heterocycles. The Morgan fingerprint density at radius 2 is 2.19 bits per heavy atom. The molecule has 0 radical (unpaired) electrons. The number of nitrogens with zero attached hydrogens (tertiary/aromatic N) is 4. The van der Waals surface area contributed by atoms with Gasteiger partial charge >= 0.3 is 0 Å². The van der Waals surface area contributed by atoms with Gasteiger partial charge in [0.1, 0.15) is 11.6 Å². The molecular formula is C19H26N4O3. The van der Waals surface area contributed by atoms with Gasteiger partial charge in [-0.25, -0.2) is 4.98 Å². The quantitative estimate of drug-likeness (QED) is 0.871. The van der Waals surface area contributed by atoms with E-state index in [4.69, 9.17) is 4.42 Å². The number of furan rings is 1. The minimum atomic E-state index is -0.289. The summed E-state index contributed by atoms with van der Waals surface area (Å²) in [5.74, 6) is 2.20. The van der Waals surface area contributed by atoms with Gasteiger partial charge in [-0.05, 0) is 32.0 Å². The minimum absolute atomic E-state index is 0.00863. The lowest BCUT2D eigenvalue weighted by atomic mass is 9.81. The number of hydrogen-bond acceptors (Lipinski definition) is 5. The van der Waals surface area contributed by atoms with Crippen LogP contribution in [0.25, 0.3) is 0 Å². The van der Waals surface area contributed by atoms with Crippen molar-refractivity contribution in [1.82, 2.24) is 19.4 Å². The van der Waals surface area contributed by atoms with E-state index in [-0.39, 0.29) is 17.9 Å². The van der Waals surface area contributed by atoms with Gasteiger partial charge in [-0.2, -0.15) is 0 Å². The molecular weight excluding hydrogens is 332 g/mol. The molecule has 0 saturated heterocycles. The zero-order valence-electron chi connectivity index (χ0n) is 15.2. The zero-order chi connectivity index (χ0) is 18.1. The molecule has 26 heavy (non-hydrogen) atoms. The van der Waals surface area contributed by atoms with Crippen LogP contribution in [0.15, 0.2) is 29.0 Å². The highest BCUT2D eigenvalue weighted by Gasteiger charge is 2.36. The molecule has 7 nitrogen and oxygen atoms in total. The number of aliphatic hydroxyl groups is 1. The average molecular weight is 358 g/mol. The molecule has 2 aliphatic rings. The smallest absolute Gasteiger partial charge is 0.225 e. The highest BCUT2D eigenvalue weighted by molar-refractivity contribution is 5.79. The van der Waals surface area contributed by atoms with Gasteiger partial charge in [0.2, 0.25) is 5.91 Å². The molecule has 1 saturated carbocycles. The number of aromatic nitrogens is 2. The Morgan fingerprint density at radius 1 is 1.35 bits per heavy atom. The first-order valence-corrected chi connectivity index (χ1v) is 9.31. The van der Waals surface area contributed by atoms with E-state index in [0.29, 0.717) is 25.9 Å². The van der Waals surface area contributed by atoms with Gasteiger partial charge in [0.15, 0.2) is 0 Å². The molecule has 7 heteroatoms. The second-order valence-corrected chi connectivity index (χ2v) is 7.47. The summed E-state index contributed by atoms with van der Waals surface area (Å²) in [6.07, 6.45) is 5.37. The third-order valence-corrected chi connectivity index (χ3v) is 5.43. The summed E-state index contributed by atoms with van der Waals surface area (Å²) in [7, 11) is 2.07. The van der Waals surface area contributed by atoms with Crippen LogP contribution >= 0.6 is 0 Å². The molecule has 0 atom stereocenters. The first-order chi connectivity index (χ1) is 12.6. The van der Waals surface area contributed by atoms with Crippen LogP contribution in [0, 0.1) is 5.92 Å². The van der Waals surface area contributed by atoms with Gasteiger partial charge in [-0.15, -0.1) is 0 Å². The monoisotopic (exact) mass is 358 g/mol. The Morgan fingerprint density at radius 3 is 2.92 bits per heavy atom. The SMILES string of the molecule is CN(Cc1ccco1)Cc1cnc2n1CCN(C(=O)C1CC(O)C1)CC2. The number of rotatable bonds is 5. The maximum absolute atomic E-state index is 12.6. The molecule has 1 amide bonds. The van der Waals surface area contributed by atoms with Crippen LogP contribution in [0.5, 0.6) is 0 Å². The summed E-state index contributed by atoms with van der Waals surface area (Å²) < 4.78 is 7.67. The van der Waals surface area contributed by atoms with Crippen LogP contribution in [0.3, 0.4) is 0 Å². The van der Waals surface area contributed by atoms with Crippen LogP contribution in [0.1, 0.15) is 30.1 Å². The number of amides is 1. The summed E-state index contributed by atoms with van der Waals surface area (Å²) in [5.41, 5.74) is 1.17. The van der Waals surface area contributed by atoms with E-state index in [2.05, 4.69) is 21.5 Å². The Kier molecular flexibility index (Phi) is 4.82. The lowest BCUT2D eigenvalue weighted by Crippen LogP contribution is -2.44. The Balaban J connectivity index is 1.37. The predicted molar refractivity (Wildman–Crippen MR) is 95.1 cm³/mol. The normalized spacial score (nSPS) is 22.8.